The second-order valence-electron chi connectivity index (χ2n) is 5.34. The summed E-state index contributed by atoms with van der Waals surface area (Å²) in [5.74, 6) is -1.15. The number of aliphatic hydroxyl groups is 1. The number of ether oxygens (including phenoxy) is 1. The summed E-state index contributed by atoms with van der Waals surface area (Å²) in [4.78, 5) is 11.3. The number of hydrogen-bond acceptors (Lipinski definition) is 3. The number of carbonyl (C=O) groups is 1. The van der Waals surface area contributed by atoms with Crippen molar-refractivity contribution < 1.29 is 28.5 Å². The number of carboxylic acids is 1. The molecule has 2 N–H and O–H groups in total. The van der Waals surface area contributed by atoms with Gasteiger partial charge in [-0.15, -0.1) is 0 Å². The fraction of sp³-hybridized carbons (Fsp3) is 0.909. The molecule has 0 aromatic carbocycles. The Labute approximate surface area is 97.6 Å². The van der Waals surface area contributed by atoms with E-state index in [9.17, 15) is 23.8 Å². The normalized spacial score (nSPS) is 34.3. The number of rotatable bonds is 4. The Morgan fingerprint density at radius 1 is 1.29 bits per heavy atom. The van der Waals surface area contributed by atoms with E-state index in [4.69, 9.17) is 4.74 Å². The molecule has 1 saturated carbocycles. The highest BCUT2D eigenvalue weighted by Gasteiger charge is 2.68. The third-order valence-electron chi connectivity index (χ3n) is 4.22. The van der Waals surface area contributed by atoms with Crippen LogP contribution in [0.1, 0.15) is 19.3 Å². The average Bonchev–Trinajstić information content (AvgIpc) is 2.75. The van der Waals surface area contributed by atoms with E-state index in [1.54, 1.807) is 0 Å². The summed E-state index contributed by atoms with van der Waals surface area (Å²) < 4.78 is 30.5. The van der Waals surface area contributed by atoms with Crippen LogP contribution < -0.4 is 0 Å². The fourth-order valence-electron chi connectivity index (χ4n) is 3.05. The third-order valence-corrected chi connectivity index (χ3v) is 4.22. The van der Waals surface area contributed by atoms with Crippen molar-refractivity contribution in [2.45, 2.75) is 24.9 Å². The highest BCUT2D eigenvalue weighted by molar-refractivity contribution is 5.77. The zero-order valence-corrected chi connectivity index (χ0v) is 9.42. The molecule has 1 unspecified atom stereocenters. The summed E-state index contributed by atoms with van der Waals surface area (Å²) in [5, 5.41) is 19.6. The first-order valence-electron chi connectivity index (χ1n) is 5.59. The number of carboxylic acid groups (broad SMARTS) is 1. The Hall–Kier alpha value is -0.750. The summed E-state index contributed by atoms with van der Waals surface area (Å²) in [6.07, 6.45) is -0.112. The largest absolute Gasteiger partial charge is 0.481 e. The Bertz CT molecular complexity index is 313. The molecule has 6 heteroatoms. The average molecular weight is 250 g/mol. The molecule has 1 heterocycles. The minimum atomic E-state index is -1.55. The van der Waals surface area contributed by atoms with Crippen LogP contribution in [-0.2, 0) is 9.53 Å². The van der Waals surface area contributed by atoms with Crippen molar-refractivity contribution in [1.29, 1.82) is 0 Å². The summed E-state index contributed by atoms with van der Waals surface area (Å²) in [6.45, 7) is -1.58. The van der Waals surface area contributed by atoms with E-state index >= 15 is 0 Å². The predicted octanol–water partition coefficient (Wildman–Crippen LogP) is 0.928. The molecule has 0 radical (unpaired) electrons. The van der Waals surface area contributed by atoms with Crippen molar-refractivity contribution in [3.63, 3.8) is 0 Å². The van der Waals surface area contributed by atoms with Crippen LogP contribution in [0.2, 0.25) is 0 Å². The van der Waals surface area contributed by atoms with E-state index in [0.29, 0.717) is 0 Å². The van der Waals surface area contributed by atoms with Gasteiger partial charge in [0.05, 0.1) is 25.6 Å². The third kappa shape index (κ3) is 1.57. The van der Waals surface area contributed by atoms with Crippen LogP contribution in [0.5, 0.6) is 0 Å². The van der Waals surface area contributed by atoms with E-state index in [-0.39, 0.29) is 32.5 Å². The number of halogens is 2. The van der Waals surface area contributed by atoms with Crippen molar-refractivity contribution in [2.24, 2.45) is 10.8 Å². The zero-order valence-electron chi connectivity index (χ0n) is 9.42. The molecule has 1 saturated heterocycles. The summed E-state index contributed by atoms with van der Waals surface area (Å²) in [5.41, 5.74) is -4.14. The van der Waals surface area contributed by atoms with Crippen molar-refractivity contribution >= 4 is 5.97 Å². The van der Waals surface area contributed by atoms with Crippen molar-refractivity contribution in [3.8, 4) is 0 Å². The van der Waals surface area contributed by atoms with E-state index < -0.39 is 35.7 Å². The fourth-order valence-corrected chi connectivity index (χ4v) is 3.05. The predicted molar refractivity (Wildman–Crippen MR) is 54.1 cm³/mol. The van der Waals surface area contributed by atoms with Crippen LogP contribution in [0.4, 0.5) is 8.78 Å². The second-order valence-corrected chi connectivity index (χ2v) is 5.34. The first-order valence-corrected chi connectivity index (χ1v) is 5.59. The maximum atomic E-state index is 12.7. The lowest BCUT2D eigenvalue weighted by Crippen LogP contribution is -2.66. The topological polar surface area (TPSA) is 66.8 Å². The maximum absolute atomic E-state index is 12.7. The minimum Gasteiger partial charge on any atom is -0.481 e. The Kier molecular flexibility index (Phi) is 2.90. The summed E-state index contributed by atoms with van der Waals surface area (Å²) in [6, 6.07) is 0. The molecule has 2 fully saturated rings. The van der Waals surface area contributed by atoms with Gasteiger partial charge in [0.15, 0.2) is 0 Å². The molecule has 4 nitrogen and oxygen atoms in total. The van der Waals surface area contributed by atoms with Gasteiger partial charge in [-0.25, -0.2) is 0 Å². The lowest BCUT2D eigenvalue weighted by Gasteiger charge is -2.56. The minimum absolute atomic E-state index is 0.0898. The van der Waals surface area contributed by atoms with Crippen LogP contribution in [0.3, 0.4) is 0 Å². The molecule has 0 bridgehead atoms. The second kappa shape index (κ2) is 3.88. The smallest absolute Gasteiger partial charge is 0.315 e. The van der Waals surface area contributed by atoms with Gasteiger partial charge < -0.3 is 14.9 Å². The van der Waals surface area contributed by atoms with E-state index in [1.165, 1.54) is 0 Å². The highest BCUT2D eigenvalue weighted by Crippen LogP contribution is 2.59. The molecule has 1 aliphatic heterocycles. The van der Waals surface area contributed by atoms with Crippen LogP contribution in [-0.4, -0.2) is 48.3 Å². The Balaban J connectivity index is 2.20. The number of aliphatic carboxylic acids is 1. The molecule has 17 heavy (non-hydrogen) atoms. The monoisotopic (exact) mass is 250 g/mol. The lowest BCUT2D eigenvalue weighted by molar-refractivity contribution is -0.222. The molecule has 0 aromatic rings. The van der Waals surface area contributed by atoms with E-state index in [0.717, 1.165) is 0 Å². The zero-order chi connectivity index (χ0) is 12.7. The molecule has 0 spiro atoms. The molecule has 0 aromatic heterocycles. The van der Waals surface area contributed by atoms with Crippen LogP contribution >= 0.6 is 0 Å². The number of hydrogen-bond donors (Lipinski definition) is 2. The molecule has 2 aliphatic rings. The van der Waals surface area contributed by atoms with E-state index in [1.807, 2.05) is 0 Å². The first kappa shape index (κ1) is 12.7. The van der Waals surface area contributed by atoms with Gasteiger partial charge >= 0.3 is 5.97 Å². The van der Waals surface area contributed by atoms with Gasteiger partial charge in [0.1, 0.15) is 5.41 Å². The quantitative estimate of drug-likeness (QED) is 0.779. The Morgan fingerprint density at radius 3 is 2.24 bits per heavy atom. The molecular formula is C11H16F2O4. The van der Waals surface area contributed by atoms with Crippen LogP contribution in [0.15, 0.2) is 0 Å². The summed E-state index contributed by atoms with van der Waals surface area (Å²) >= 11 is 0. The number of alkyl halides is 2. The summed E-state index contributed by atoms with van der Waals surface area (Å²) in [7, 11) is 0. The van der Waals surface area contributed by atoms with Crippen molar-refractivity contribution in [2.75, 3.05) is 26.6 Å². The standard InChI is InChI=1S/C11H16F2O4/c12-5-9(6-13)3-11(16,4-9)10(8(14)15)1-2-17-7-10/h16H,1-7H2,(H,14,15). The van der Waals surface area contributed by atoms with Gasteiger partial charge in [0, 0.05) is 12.0 Å². The van der Waals surface area contributed by atoms with Gasteiger partial charge in [-0.05, 0) is 19.3 Å². The molecule has 1 atom stereocenters. The SMILES string of the molecule is O=C(O)C1(C2(O)CC(CF)(CF)C2)CCOC1. The van der Waals surface area contributed by atoms with Crippen molar-refractivity contribution in [3.05, 3.63) is 0 Å². The molecular weight excluding hydrogens is 234 g/mol. The molecule has 1 aliphatic carbocycles. The van der Waals surface area contributed by atoms with Gasteiger partial charge in [-0.2, -0.15) is 0 Å². The first-order chi connectivity index (χ1) is 7.94. The molecule has 2 rings (SSSR count). The van der Waals surface area contributed by atoms with Crippen LogP contribution in [0.25, 0.3) is 0 Å². The lowest BCUT2D eigenvalue weighted by atomic mass is 9.50. The van der Waals surface area contributed by atoms with Gasteiger partial charge in [-0.1, -0.05) is 0 Å². The Morgan fingerprint density at radius 2 is 1.88 bits per heavy atom. The van der Waals surface area contributed by atoms with Gasteiger partial charge in [0.2, 0.25) is 0 Å². The molecule has 98 valence electrons. The van der Waals surface area contributed by atoms with Gasteiger partial charge in [-0.3, -0.25) is 13.6 Å². The molecule has 0 amide bonds. The van der Waals surface area contributed by atoms with Crippen molar-refractivity contribution in [1.82, 2.24) is 0 Å². The van der Waals surface area contributed by atoms with Crippen LogP contribution in [0, 0.1) is 10.8 Å². The maximum Gasteiger partial charge on any atom is 0.315 e. The van der Waals surface area contributed by atoms with Gasteiger partial charge in [0.25, 0.3) is 0 Å². The highest BCUT2D eigenvalue weighted by atomic mass is 19.1. The van der Waals surface area contributed by atoms with E-state index in [2.05, 4.69) is 0 Å².